The minimum absolute atomic E-state index is 0.0105. The second kappa shape index (κ2) is 7.09. The summed E-state index contributed by atoms with van der Waals surface area (Å²) in [7, 11) is 0. The molecular formula is C16H13N5O3. The molecule has 0 bridgehead atoms. The summed E-state index contributed by atoms with van der Waals surface area (Å²) in [5.41, 5.74) is 5.61. The first-order chi connectivity index (χ1) is 11.5. The number of aliphatic hydroxyl groups is 1. The summed E-state index contributed by atoms with van der Waals surface area (Å²) in [6, 6.07) is 9.66. The number of nitrogen functional groups attached to an aromatic ring is 1. The Kier molecular flexibility index (Phi) is 4.95. The van der Waals surface area contributed by atoms with Crippen molar-refractivity contribution in [1.82, 2.24) is 10.3 Å². The minimum Gasteiger partial charge on any atom is -0.395 e. The topological polar surface area (TPSA) is 156 Å². The van der Waals surface area contributed by atoms with Gasteiger partial charge in [-0.3, -0.25) is 9.59 Å². The van der Waals surface area contributed by atoms with Gasteiger partial charge in [0.25, 0.3) is 11.5 Å². The highest BCUT2D eigenvalue weighted by molar-refractivity contribution is 5.95. The second-order valence-electron chi connectivity index (χ2n) is 4.77. The van der Waals surface area contributed by atoms with Crippen LogP contribution in [0.2, 0.25) is 0 Å². The number of aliphatic hydroxyl groups excluding tert-OH is 1. The Bertz CT molecular complexity index is 917. The number of pyridine rings is 1. The summed E-state index contributed by atoms with van der Waals surface area (Å²) in [5, 5.41) is 29.7. The van der Waals surface area contributed by atoms with E-state index < -0.39 is 5.56 Å². The number of carbonyl (C=O) groups is 1. The van der Waals surface area contributed by atoms with Crippen LogP contribution in [0.3, 0.4) is 0 Å². The lowest BCUT2D eigenvalue weighted by Crippen LogP contribution is -2.26. The Hall–Kier alpha value is -3.62. The van der Waals surface area contributed by atoms with E-state index in [-0.39, 0.29) is 41.6 Å². The van der Waals surface area contributed by atoms with Crippen LogP contribution in [-0.2, 0) is 0 Å². The predicted octanol–water partition coefficient (Wildman–Crippen LogP) is 0.0896. The van der Waals surface area contributed by atoms with Gasteiger partial charge in [0, 0.05) is 17.7 Å². The molecule has 1 aromatic heterocycles. The highest BCUT2D eigenvalue weighted by atomic mass is 16.3. The Morgan fingerprint density at radius 1 is 1.21 bits per heavy atom. The number of anilines is 1. The third-order valence-electron chi connectivity index (χ3n) is 3.30. The highest BCUT2D eigenvalue weighted by Crippen LogP contribution is 2.28. The van der Waals surface area contributed by atoms with Gasteiger partial charge in [0.15, 0.2) is 0 Å². The van der Waals surface area contributed by atoms with Gasteiger partial charge in [-0.2, -0.15) is 10.5 Å². The summed E-state index contributed by atoms with van der Waals surface area (Å²) in [6.07, 6.45) is 0. The average molecular weight is 323 g/mol. The normalized spacial score (nSPS) is 9.79. The summed E-state index contributed by atoms with van der Waals surface area (Å²) >= 11 is 0. The number of nitrogens with zero attached hydrogens (tertiary/aromatic N) is 2. The second-order valence-corrected chi connectivity index (χ2v) is 4.77. The van der Waals surface area contributed by atoms with E-state index in [9.17, 15) is 20.1 Å². The number of nitrogens with two attached hydrogens (primary N) is 1. The van der Waals surface area contributed by atoms with Crippen molar-refractivity contribution in [2.75, 3.05) is 18.9 Å². The fourth-order valence-corrected chi connectivity index (χ4v) is 2.19. The molecule has 1 amide bonds. The molecule has 2 rings (SSSR count). The fourth-order valence-electron chi connectivity index (χ4n) is 2.19. The number of nitrogens with one attached hydrogen (secondary N) is 2. The maximum Gasteiger partial charge on any atom is 0.268 e. The number of hydrogen-bond acceptors (Lipinski definition) is 6. The molecule has 0 saturated carbocycles. The van der Waals surface area contributed by atoms with Crippen LogP contribution in [0.15, 0.2) is 29.1 Å². The molecule has 0 unspecified atom stereocenters. The Morgan fingerprint density at radius 3 is 2.38 bits per heavy atom. The van der Waals surface area contributed by atoms with E-state index in [4.69, 9.17) is 10.8 Å². The molecule has 0 atom stereocenters. The van der Waals surface area contributed by atoms with E-state index in [1.165, 1.54) is 24.3 Å². The molecule has 0 spiro atoms. The van der Waals surface area contributed by atoms with Gasteiger partial charge in [0.05, 0.1) is 6.61 Å². The lowest BCUT2D eigenvalue weighted by atomic mass is 9.96. The molecule has 24 heavy (non-hydrogen) atoms. The number of carbonyl (C=O) groups excluding carboxylic acids is 1. The van der Waals surface area contributed by atoms with Crippen molar-refractivity contribution in [1.29, 1.82) is 10.5 Å². The largest absolute Gasteiger partial charge is 0.395 e. The van der Waals surface area contributed by atoms with E-state index in [2.05, 4.69) is 10.3 Å². The third kappa shape index (κ3) is 3.09. The van der Waals surface area contributed by atoms with Crippen LogP contribution in [0.25, 0.3) is 11.1 Å². The standard InChI is InChI=1S/C16H13N5O3/c17-7-11-13(12(8-18)16(24)21-14(11)19)9-1-3-10(4-2-9)15(23)20-5-6-22/h1-4,22H,5-6H2,(H,20,23)(H3,19,21,24). The predicted molar refractivity (Wildman–Crippen MR) is 85.8 cm³/mol. The molecule has 0 saturated heterocycles. The first-order valence-electron chi connectivity index (χ1n) is 6.89. The average Bonchev–Trinajstić information content (AvgIpc) is 2.59. The first kappa shape index (κ1) is 16.7. The van der Waals surface area contributed by atoms with E-state index in [1.54, 1.807) is 6.07 Å². The number of amides is 1. The molecular weight excluding hydrogens is 310 g/mol. The molecule has 0 radical (unpaired) electrons. The minimum atomic E-state index is -0.686. The zero-order chi connectivity index (χ0) is 17.7. The molecule has 8 heteroatoms. The van der Waals surface area contributed by atoms with E-state index in [0.29, 0.717) is 11.1 Å². The molecule has 5 N–H and O–H groups in total. The zero-order valence-electron chi connectivity index (χ0n) is 12.5. The first-order valence-corrected chi connectivity index (χ1v) is 6.89. The highest BCUT2D eigenvalue weighted by Gasteiger charge is 2.18. The van der Waals surface area contributed by atoms with Gasteiger partial charge < -0.3 is 21.1 Å². The van der Waals surface area contributed by atoms with Crippen molar-refractivity contribution < 1.29 is 9.90 Å². The number of rotatable bonds is 4. The van der Waals surface area contributed by atoms with Crippen LogP contribution in [0, 0.1) is 22.7 Å². The molecule has 1 heterocycles. The van der Waals surface area contributed by atoms with Crippen molar-refractivity contribution in [2.45, 2.75) is 0 Å². The van der Waals surface area contributed by atoms with Crippen LogP contribution in [0.1, 0.15) is 21.5 Å². The van der Waals surface area contributed by atoms with Crippen molar-refractivity contribution in [3.63, 3.8) is 0 Å². The molecule has 2 aromatic rings. The number of hydrogen-bond donors (Lipinski definition) is 4. The number of aromatic amines is 1. The van der Waals surface area contributed by atoms with Crippen molar-refractivity contribution in [3.05, 3.63) is 51.3 Å². The van der Waals surface area contributed by atoms with Gasteiger partial charge in [-0.1, -0.05) is 12.1 Å². The van der Waals surface area contributed by atoms with Crippen LogP contribution in [0.4, 0.5) is 5.82 Å². The van der Waals surface area contributed by atoms with Gasteiger partial charge >= 0.3 is 0 Å². The van der Waals surface area contributed by atoms with Gasteiger partial charge in [0.2, 0.25) is 0 Å². The fraction of sp³-hybridized carbons (Fsp3) is 0.125. The monoisotopic (exact) mass is 323 g/mol. The van der Waals surface area contributed by atoms with Crippen molar-refractivity contribution in [2.24, 2.45) is 0 Å². The van der Waals surface area contributed by atoms with Crippen molar-refractivity contribution >= 4 is 11.7 Å². The van der Waals surface area contributed by atoms with Gasteiger partial charge in [0.1, 0.15) is 29.1 Å². The zero-order valence-corrected chi connectivity index (χ0v) is 12.5. The molecule has 0 fully saturated rings. The van der Waals surface area contributed by atoms with Gasteiger partial charge in [-0.25, -0.2) is 0 Å². The lowest BCUT2D eigenvalue weighted by Gasteiger charge is -2.09. The smallest absolute Gasteiger partial charge is 0.268 e. The molecule has 1 aromatic carbocycles. The van der Waals surface area contributed by atoms with Gasteiger partial charge in [-0.15, -0.1) is 0 Å². The molecule has 0 aliphatic heterocycles. The summed E-state index contributed by atoms with van der Waals surface area (Å²) in [6.45, 7) is -0.0463. The summed E-state index contributed by atoms with van der Waals surface area (Å²) in [5.74, 6) is -0.497. The van der Waals surface area contributed by atoms with E-state index in [1.807, 2.05) is 6.07 Å². The summed E-state index contributed by atoms with van der Waals surface area (Å²) in [4.78, 5) is 25.9. The molecule has 120 valence electrons. The van der Waals surface area contributed by atoms with Crippen LogP contribution in [0.5, 0.6) is 0 Å². The number of H-pyrrole nitrogens is 1. The Labute approximate surface area is 136 Å². The van der Waals surface area contributed by atoms with Gasteiger partial charge in [-0.05, 0) is 17.7 Å². The number of aromatic nitrogens is 1. The van der Waals surface area contributed by atoms with E-state index in [0.717, 1.165) is 0 Å². The number of nitriles is 2. The van der Waals surface area contributed by atoms with E-state index >= 15 is 0 Å². The maximum atomic E-state index is 11.9. The SMILES string of the molecule is N#Cc1c(N)[nH]c(=O)c(C#N)c1-c1ccc(C(=O)NCCO)cc1. The van der Waals surface area contributed by atoms with Crippen molar-refractivity contribution in [3.8, 4) is 23.3 Å². The number of benzene rings is 1. The van der Waals surface area contributed by atoms with Crippen LogP contribution in [-0.4, -0.2) is 29.1 Å². The molecule has 0 aliphatic carbocycles. The van der Waals surface area contributed by atoms with Crippen LogP contribution >= 0.6 is 0 Å². The molecule has 8 nitrogen and oxygen atoms in total. The third-order valence-corrected chi connectivity index (χ3v) is 3.30. The maximum absolute atomic E-state index is 11.9. The lowest BCUT2D eigenvalue weighted by molar-refractivity contribution is 0.0945. The van der Waals surface area contributed by atoms with Crippen LogP contribution < -0.4 is 16.6 Å². The Morgan fingerprint density at radius 2 is 1.83 bits per heavy atom. The molecule has 0 aliphatic rings. The Balaban J connectivity index is 2.54. The quantitative estimate of drug-likeness (QED) is 0.624. The summed E-state index contributed by atoms with van der Waals surface area (Å²) < 4.78 is 0.